The molecule has 0 bridgehead atoms. The lowest BCUT2D eigenvalue weighted by molar-refractivity contribution is 0.0953. The van der Waals surface area contributed by atoms with Gasteiger partial charge >= 0.3 is 0 Å². The lowest BCUT2D eigenvalue weighted by Crippen LogP contribution is -2.22. The number of fused-ring (bicyclic) bond motifs is 1. The minimum Gasteiger partial charge on any atom is -0.455 e. The fourth-order valence-corrected chi connectivity index (χ4v) is 4.08. The summed E-state index contributed by atoms with van der Waals surface area (Å²) in [5, 5.41) is 8.38. The Labute approximate surface area is 195 Å². The number of carbonyl (C=O) groups excluding carboxylic acids is 2. The smallest absolute Gasteiger partial charge is 0.291 e. The highest BCUT2D eigenvalue weighted by molar-refractivity contribution is 6.31. The van der Waals surface area contributed by atoms with Crippen LogP contribution in [0.1, 0.15) is 56.2 Å². The van der Waals surface area contributed by atoms with Crippen molar-refractivity contribution in [2.75, 3.05) is 5.32 Å². The van der Waals surface area contributed by atoms with Gasteiger partial charge in [-0.3, -0.25) is 9.59 Å². The van der Waals surface area contributed by atoms with E-state index in [1.54, 1.807) is 42.5 Å². The molecule has 0 saturated carbocycles. The Morgan fingerprint density at radius 3 is 2.41 bits per heavy atom. The lowest BCUT2D eigenvalue weighted by Gasteiger charge is -2.13. The summed E-state index contributed by atoms with van der Waals surface area (Å²) >= 11 is 11.9. The molecule has 4 rings (SSSR count). The van der Waals surface area contributed by atoms with Crippen LogP contribution in [0.4, 0.5) is 5.69 Å². The molecule has 32 heavy (non-hydrogen) atoms. The Hall–Kier alpha value is -3.09. The van der Waals surface area contributed by atoms with E-state index in [0.717, 1.165) is 17.5 Å². The zero-order valence-corrected chi connectivity index (χ0v) is 19.1. The van der Waals surface area contributed by atoms with E-state index in [2.05, 4.69) is 15.8 Å². The SMILES string of the molecule is Cc1cc(Cl)ccc1NC(=O)c1oc2c(c1C)/C(=N/NC(=O)c1ccc(Cl)cc1)CCC2. The molecule has 1 heterocycles. The second-order valence-electron chi connectivity index (χ2n) is 7.63. The highest BCUT2D eigenvalue weighted by atomic mass is 35.5. The zero-order chi connectivity index (χ0) is 22.8. The summed E-state index contributed by atoms with van der Waals surface area (Å²) in [7, 11) is 0. The van der Waals surface area contributed by atoms with Gasteiger partial charge in [-0.15, -0.1) is 0 Å². The molecule has 6 nitrogen and oxygen atoms in total. The quantitative estimate of drug-likeness (QED) is 0.464. The van der Waals surface area contributed by atoms with Gasteiger partial charge in [0.05, 0.1) is 5.71 Å². The number of hydrogen-bond acceptors (Lipinski definition) is 4. The zero-order valence-electron chi connectivity index (χ0n) is 17.6. The van der Waals surface area contributed by atoms with Gasteiger partial charge < -0.3 is 9.73 Å². The van der Waals surface area contributed by atoms with E-state index >= 15 is 0 Å². The molecule has 164 valence electrons. The average molecular weight is 470 g/mol. The van der Waals surface area contributed by atoms with Crippen LogP contribution < -0.4 is 10.7 Å². The number of nitrogens with one attached hydrogen (secondary N) is 2. The normalized spacial score (nSPS) is 14.2. The van der Waals surface area contributed by atoms with Crippen LogP contribution in [0.25, 0.3) is 0 Å². The molecular formula is C24H21Cl2N3O3. The van der Waals surface area contributed by atoms with Gasteiger partial charge in [-0.05, 0) is 74.7 Å². The number of carbonyl (C=O) groups is 2. The number of rotatable bonds is 4. The van der Waals surface area contributed by atoms with Crippen LogP contribution >= 0.6 is 23.2 Å². The highest BCUT2D eigenvalue weighted by Gasteiger charge is 2.28. The Kier molecular flexibility index (Phi) is 6.35. The van der Waals surface area contributed by atoms with E-state index in [4.69, 9.17) is 27.6 Å². The number of furan rings is 1. The third-order valence-corrected chi connectivity index (χ3v) is 5.85. The summed E-state index contributed by atoms with van der Waals surface area (Å²) in [4.78, 5) is 25.3. The van der Waals surface area contributed by atoms with Crippen molar-refractivity contribution in [1.29, 1.82) is 0 Å². The second-order valence-corrected chi connectivity index (χ2v) is 8.50. The first-order valence-electron chi connectivity index (χ1n) is 10.2. The van der Waals surface area contributed by atoms with Crippen LogP contribution in [-0.2, 0) is 6.42 Å². The topological polar surface area (TPSA) is 83.7 Å². The number of halogens is 2. The van der Waals surface area contributed by atoms with E-state index < -0.39 is 0 Å². The number of aryl methyl sites for hydroxylation is 2. The Morgan fingerprint density at radius 2 is 1.69 bits per heavy atom. The monoisotopic (exact) mass is 469 g/mol. The second kappa shape index (κ2) is 9.18. The van der Waals surface area contributed by atoms with Crippen molar-refractivity contribution >= 4 is 46.4 Å². The van der Waals surface area contributed by atoms with E-state index in [9.17, 15) is 9.59 Å². The van der Waals surface area contributed by atoms with Gasteiger partial charge in [0.2, 0.25) is 0 Å². The number of nitrogens with zero attached hydrogens (tertiary/aromatic N) is 1. The Morgan fingerprint density at radius 1 is 0.969 bits per heavy atom. The van der Waals surface area contributed by atoms with Crippen LogP contribution in [-0.4, -0.2) is 17.5 Å². The fourth-order valence-electron chi connectivity index (χ4n) is 3.73. The van der Waals surface area contributed by atoms with Crippen LogP contribution in [0.15, 0.2) is 52.0 Å². The Balaban J connectivity index is 1.57. The standard InChI is InChI=1S/C24H21Cl2N3O3/c1-13-12-17(26)10-11-18(13)27-24(31)22-14(2)21-19(4-3-5-20(21)32-22)28-29-23(30)15-6-8-16(25)9-7-15/h6-12H,3-5H2,1-2H3,(H,27,31)(H,29,30)/b28-19+. The van der Waals surface area contributed by atoms with Gasteiger partial charge in [0.25, 0.3) is 11.8 Å². The minimum atomic E-state index is -0.341. The molecule has 0 saturated heterocycles. The molecule has 0 unspecified atom stereocenters. The van der Waals surface area contributed by atoms with Crippen molar-refractivity contribution in [3.05, 3.63) is 86.3 Å². The molecule has 0 aliphatic heterocycles. The Bertz CT molecular complexity index is 1230. The van der Waals surface area contributed by atoms with Crippen molar-refractivity contribution in [2.45, 2.75) is 33.1 Å². The maximum absolute atomic E-state index is 12.9. The summed E-state index contributed by atoms with van der Waals surface area (Å²) in [6.45, 7) is 3.70. The number of hydrazone groups is 1. The summed E-state index contributed by atoms with van der Waals surface area (Å²) in [5.41, 5.74) is 6.74. The summed E-state index contributed by atoms with van der Waals surface area (Å²) in [6, 6.07) is 11.8. The van der Waals surface area contributed by atoms with Crippen molar-refractivity contribution in [2.24, 2.45) is 5.10 Å². The third kappa shape index (κ3) is 4.56. The molecule has 0 fully saturated rings. The van der Waals surface area contributed by atoms with Gasteiger partial charge in [0.1, 0.15) is 5.76 Å². The number of hydrogen-bond donors (Lipinski definition) is 2. The molecule has 0 spiro atoms. The van der Waals surface area contributed by atoms with Gasteiger partial charge in [-0.2, -0.15) is 5.10 Å². The fraction of sp³-hybridized carbons (Fsp3) is 0.208. The van der Waals surface area contributed by atoms with Gasteiger partial charge in [0, 0.05) is 38.8 Å². The van der Waals surface area contributed by atoms with Crippen LogP contribution in [0.3, 0.4) is 0 Å². The molecule has 2 amide bonds. The van der Waals surface area contributed by atoms with Gasteiger partial charge in [-0.25, -0.2) is 5.43 Å². The largest absolute Gasteiger partial charge is 0.455 e. The maximum atomic E-state index is 12.9. The van der Waals surface area contributed by atoms with E-state index in [1.807, 2.05) is 13.8 Å². The molecule has 8 heteroatoms. The van der Waals surface area contributed by atoms with Crippen molar-refractivity contribution in [3.63, 3.8) is 0 Å². The number of benzene rings is 2. The first kappa shape index (κ1) is 22.1. The maximum Gasteiger partial charge on any atom is 0.291 e. The highest BCUT2D eigenvalue weighted by Crippen LogP contribution is 2.31. The lowest BCUT2D eigenvalue weighted by atomic mass is 9.93. The summed E-state index contributed by atoms with van der Waals surface area (Å²) in [6.07, 6.45) is 2.19. The van der Waals surface area contributed by atoms with Crippen LogP contribution in [0.2, 0.25) is 10.0 Å². The molecule has 1 aromatic heterocycles. The van der Waals surface area contributed by atoms with Gasteiger partial charge in [-0.1, -0.05) is 23.2 Å². The minimum absolute atomic E-state index is 0.239. The van der Waals surface area contributed by atoms with Crippen LogP contribution in [0, 0.1) is 13.8 Å². The molecule has 1 aliphatic carbocycles. The number of amides is 2. The molecule has 2 N–H and O–H groups in total. The van der Waals surface area contributed by atoms with E-state index in [1.165, 1.54) is 0 Å². The molecule has 2 aromatic carbocycles. The molecular weight excluding hydrogens is 449 g/mol. The predicted molar refractivity (Wildman–Crippen MR) is 126 cm³/mol. The number of anilines is 1. The first-order chi connectivity index (χ1) is 15.3. The van der Waals surface area contributed by atoms with Crippen molar-refractivity contribution in [1.82, 2.24) is 5.43 Å². The average Bonchev–Trinajstić information content (AvgIpc) is 3.12. The molecule has 1 aliphatic rings. The molecule has 3 aromatic rings. The first-order valence-corrected chi connectivity index (χ1v) is 10.9. The van der Waals surface area contributed by atoms with Crippen LogP contribution in [0.5, 0.6) is 0 Å². The molecule has 0 radical (unpaired) electrons. The van der Waals surface area contributed by atoms with Crippen molar-refractivity contribution < 1.29 is 14.0 Å². The predicted octanol–water partition coefficient (Wildman–Crippen LogP) is 5.93. The third-order valence-electron chi connectivity index (χ3n) is 5.37. The summed E-state index contributed by atoms with van der Waals surface area (Å²) < 4.78 is 5.92. The van der Waals surface area contributed by atoms with E-state index in [0.29, 0.717) is 51.2 Å². The summed E-state index contributed by atoms with van der Waals surface area (Å²) in [5.74, 6) is 0.264. The van der Waals surface area contributed by atoms with E-state index in [-0.39, 0.29) is 17.6 Å². The van der Waals surface area contributed by atoms with Gasteiger partial charge in [0.15, 0.2) is 5.76 Å². The molecule has 0 atom stereocenters. The van der Waals surface area contributed by atoms with Crippen molar-refractivity contribution in [3.8, 4) is 0 Å².